The van der Waals surface area contributed by atoms with E-state index in [2.05, 4.69) is 13.8 Å². The van der Waals surface area contributed by atoms with Gasteiger partial charge in [0.2, 0.25) is 5.91 Å². The van der Waals surface area contributed by atoms with Crippen molar-refractivity contribution in [1.82, 2.24) is 4.90 Å². The second kappa shape index (κ2) is 7.16. The highest BCUT2D eigenvalue weighted by molar-refractivity contribution is 5.85. The number of carbonyl (C=O) groups excluding carboxylic acids is 1. The van der Waals surface area contributed by atoms with Crippen LogP contribution >= 0.6 is 0 Å². The maximum Gasteiger partial charge on any atom is 0.311 e. The van der Waals surface area contributed by atoms with Crippen molar-refractivity contribution in [3.63, 3.8) is 0 Å². The Balaban J connectivity index is 2.25. The molecule has 0 saturated carbocycles. The third-order valence-corrected chi connectivity index (χ3v) is 5.16. The molecule has 0 aliphatic carbocycles. The number of nitrogens with zero attached hydrogens (tertiary/aromatic N) is 1. The van der Waals surface area contributed by atoms with Gasteiger partial charge in [0.05, 0.1) is 11.3 Å². The number of benzene rings is 1. The van der Waals surface area contributed by atoms with E-state index in [1.165, 1.54) is 0 Å². The van der Waals surface area contributed by atoms with Crippen molar-refractivity contribution in [3.8, 4) is 0 Å². The van der Waals surface area contributed by atoms with Crippen LogP contribution in [0, 0.1) is 11.3 Å². The van der Waals surface area contributed by atoms with Crippen LogP contribution in [-0.2, 0) is 9.59 Å². The van der Waals surface area contributed by atoms with Gasteiger partial charge in [-0.15, -0.1) is 0 Å². The van der Waals surface area contributed by atoms with Crippen LogP contribution in [0.5, 0.6) is 0 Å². The van der Waals surface area contributed by atoms with Crippen molar-refractivity contribution in [2.24, 2.45) is 11.3 Å². The van der Waals surface area contributed by atoms with E-state index in [-0.39, 0.29) is 17.7 Å². The molecule has 1 aromatic rings. The number of hydrogen-bond acceptors (Lipinski definition) is 2. The van der Waals surface area contributed by atoms with Crippen LogP contribution in [0.25, 0.3) is 0 Å². The first-order valence-corrected chi connectivity index (χ1v) is 8.46. The first kappa shape index (κ1) is 17.5. The minimum absolute atomic E-state index is 0.0673. The average molecular weight is 317 g/mol. The maximum atomic E-state index is 13.1. The Bertz CT molecular complexity index is 557. The molecule has 1 heterocycles. The van der Waals surface area contributed by atoms with Gasteiger partial charge in [-0.05, 0) is 31.2 Å². The van der Waals surface area contributed by atoms with E-state index in [1.54, 1.807) is 11.8 Å². The van der Waals surface area contributed by atoms with Crippen LogP contribution < -0.4 is 0 Å². The standard InChI is InChI=1S/C19H27NO3/c1-4-14(2)16(15-9-6-5-7-10-15)17(21)20-12-8-11-19(3,13-20)18(22)23/h5-7,9-10,14,16H,4,8,11-13H2,1-3H3,(H,22,23). The Morgan fingerprint density at radius 2 is 1.96 bits per heavy atom. The van der Waals surface area contributed by atoms with E-state index >= 15 is 0 Å². The second-order valence-electron chi connectivity index (χ2n) is 7.00. The van der Waals surface area contributed by atoms with E-state index < -0.39 is 11.4 Å². The fourth-order valence-corrected chi connectivity index (χ4v) is 3.41. The lowest BCUT2D eigenvalue weighted by atomic mass is 9.79. The second-order valence-corrected chi connectivity index (χ2v) is 7.00. The van der Waals surface area contributed by atoms with Crippen LogP contribution in [0.1, 0.15) is 51.5 Å². The van der Waals surface area contributed by atoms with Crippen molar-refractivity contribution in [2.75, 3.05) is 13.1 Å². The molecular formula is C19H27NO3. The summed E-state index contributed by atoms with van der Waals surface area (Å²) in [6, 6.07) is 9.85. The largest absolute Gasteiger partial charge is 0.481 e. The lowest BCUT2D eigenvalue weighted by Gasteiger charge is -2.40. The molecule has 4 nitrogen and oxygen atoms in total. The molecule has 1 saturated heterocycles. The van der Waals surface area contributed by atoms with E-state index in [1.807, 2.05) is 30.3 Å². The number of likely N-dealkylation sites (tertiary alicyclic amines) is 1. The number of aliphatic carboxylic acids is 1. The van der Waals surface area contributed by atoms with Crippen LogP contribution in [0.15, 0.2) is 30.3 Å². The van der Waals surface area contributed by atoms with Gasteiger partial charge in [0.15, 0.2) is 0 Å². The Hall–Kier alpha value is -1.84. The molecule has 1 N–H and O–H groups in total. The summed E-state index contributed by atoms with van der Waals surface area (Å²) in [4.78, 5) is 26.4. The van der Waals surface area contributed by atoms with Crippen LogP contribution in [0.2, 0.25) is 0 Å². The van der Waals surface area contributed by atoms with Gasteiger partial charge in [0, 0.05) is 13.1 Å². The highest BCUT2D eigenvalue weighted by Crippen LogP contribution is 2.34. The van der Waals surface area contributed by atoms with Crippen molar-refractivity contribution in [1.29, 1.82) is 0 Å². The molecule has 1 amide bonds. The first-order chi connectivity index (χ1) is 10.9. The Morgan fingerprint density at radius 3 is 2.52 bits per heavy atom. The highest BCUT2D eigenvalue weighted by atomic mass is 16.4. The van der Waals surface area contributed by atoms with E-state index in [0.29, 0.717) is 19.5 Å². The van der Waals surface area contributed by atoms with Gasteiger partial charge in [0.1, 0.15) is 0 Å². The zero-order valence-electron chi connectivity index (χ0n) is 14.3. The number of hydrogen-bond donors (Lipinski definition) is 1. The van der Waals surface area contributed by atoms with Gasteiger partial charge in [-0.1, -0.05) is 50.6 Å². The number of rotatable bonds is 5. The van der Waals surface area contributed by atoms with Gasteiger partial charge in [-0.25, -0.2) is 0 Å². The molecule has 3 unspecified atom stereocenters. The summed E-state index contributed by atoms with van der Waals surface area (Å²) in [6.07, 6.45) is 2.29. The van der Waals surface area contributed by atoms with Crippen LogP contribution in [-0.4, -0.2) is 35.0 Å². The molecule has 0 radical (unpaired) electrons. The fourth-order valence-electron chi connectivity index (χ4n) is 3.41. The van der Waals surface area contributed by atoms with Gasteiger partial charge >= 0.3 is 5.97 Å². The number of amides is 1. The smallest absolute Gasteiger partial charge is 0.311 e. The number of piperidine rings is 1. The van der Waals surface area contributed by atoms with Crippen LogP contribution in [0.3, 0.4) is 0 Å². The molecular weight excluding hydrogens is 290 g/mol. The minimum Gasteiger partial charge on any atom is -0.481 e. The molecule has 0 bridgehead atoms. The molecule has 126 valence electrons. The molecule has 2 rings (SSSR count). The molecule has 1 aromatic carbocycles. The van der Waals surface area contributed by atoms with Gasteiger partial charge < -0.3 is 10.0 Å². The lowest BCUT2D eigenvalue weighted by molar-refractivity contribution is -0.154. The monoisotopic (exact) mass is 317 g/mol. The number of carboxylic acids is 1. The SMILES string of the molecule is CCC(C)C(C(=O)N1CCCC(C)(C(=O)O)C1)c1ccccc1. The summed E-state index contributed by atoms with van der Waals surface area (Å²) in [5.74, 6) is -0.715. The van der Waals surface area contributed by atoms with Gasteiger partial charge in [-0.3, -0.25) is 9.59 Å². The van der Waals surface area contributed by atoms with E-state index in [0.717, 1.165) is 18.4 Å². The first-order valence-electron chi connectivity index (χ1n) is 8.46. The molecule has 0 spiro atoms. The maximum absolute atomic E-state index is 13.1. The molecule has 23 heavy (non-hydrogen) atoms. The summed E-state index contributed by atoms with van der Waals surface area (Å²) in [5, 5.41) is 9.47. The van der Waals surface area contributed by atoms with E-state index in [9.17, 15) is 14.7 Å². The number of carboxylic acid groups (broad SMARTS) is 1. The van der Waals surface area contributed by atoms with E-state index in [4.69, 9.17) is 0 Å². The third kappa shape index (κ3) is 3.74. The zero-order chi connectivity index (χ0) is 17.0. The van der Waals surface area contributed by atoms with Gasteiger partial charge in [-0.2, -0.15) is 0 Å². The molecule has 3 atom stereocenters. The molecule has 1 fully saturated rings. The molecule has 4 heteroatoms. The van der Waals surface area contributed by atoms with Crippen molar-refractivity contribution in [3.05, 3.63) is 35.9 Å². The summed E-state index contributed by atoms with van der Waals surface area (Å²) >= 11 is 0. The third-order valence-electron chi connectivity index (χ3n) is 5.16. The number of carbonyl (C=O) groups is 2. The Kier molecular flexibility index (Phi) is 5.45. The zero-order valence-corrected chi connectivity index (χ0v) is 14.3. The quantitative estimate of drug-likeness (QED) is 0.904. The fraction of sp³-hybridized carbons (Fsp3) is 0.579. The highest BCUT2D eigenvalue weighted by Gasteiger charge is 2.41. The molecule has 1 aliphatic heterocycles. The molecule has 0 aromatic heterocycles. The Labute approximate surface area is 138 Å². The summed E-state index contributed by atoms with van der Waals surface area (Å²) in [7, 11) is 0. The minimum atomic E-state index is -0.829. The van der Waals surface area contributed by atoms with Crippen LogP contribution in [0.4, 0.5) is 0 Å². The van der Waals surface area contributed by atoms with Crippen molar-refractivity contribution >= 4 is 11.9 Å². The lowest BCUT2D eigenvalue weighted by Crippen LogP contribution is -2.50. The molecule has 1 aliphatic rings. The predicted molar refractivity (Wildman–Crippen MR) is 90.2 cm³/mol. The van der Waals surface area contributed by atoms with Gasteiger partial charge in [0.25, 0.3) is 0 Å². The summed E-state index contributed by atoms with van der Waals surface area (Å²) in [6.45, 7) is 6.89. The average Bonchev–Trinajstić information content (AvgIpc) is 2.55. The Morgan fingerprint density at radius 1 is 1.30 bits per heavy atom. The van der Waals surface area contributed by atoms with Crippen molar-refractivity contribution in [2.45, 2.75) is 46.0 Å². The topological polar surface area (TPSA) is 57.6 Å². The normalized spacial score (nSPS) is 24.0. The summed E-state index contributed by atoms with van der Waals surface area (Å²) < 4.78 is 0. The van der Waals surface area contributed by atoms with Crippen molar-refractivity contribution < 1.29 is 14.7 Å². The summed E-state index contributed by atoms with van der Waals surface area (Å²) in [5.41, 5.74) is 0.194. The predicted octanol–water partition coefficient (Wildman–Crippen LogP) is 3.53.